The van der Waals surface area contributed by atoms with Gasteiger partial charge in [0.2, 0.25) is 0 Å². The molecule has 1 aliphatic carbocycles. The number of carbonyl (C=O) groups is 1. The molecule has 1 heterocycles. The van der Waals surface area contributed by atoms with Crippen molar-refractivity contribution in [2.45, 2.75) is 19.3 Å². The first-order valence-corrected chi connectivity index (χ1v) is 6.47. The fraction of sp³-hybridized carbons (Fsp3) is 0.200. The van der Waals surface area contributed by atoms with E-state index in [0.717, 1.165) is 30.7 Å². The second-order valence-electron chi connectivity index (χ2n) is 4.64. The third kappa shape index (κ3) is 2.30. The second-order valence-corrected chi connectivity index (χ2v) is 4.64. The molecule has 0 aliphatic heterocycles. The standard InChI is InChI=1S/C15H14N2O3/c18-15(19)11-9-20-13-8-4-7-12(14(11)13)17-16-10-5-2-1-3-6-10/h1-3,5-6,9,16H,4,7-8H2,(H,18,19)/b17-12-. The summed E-state index contributed by atoms with van der Waals surface area (Å²) in [5.74, 6) is -0.272. The van der Waals surface area contributed by atoms with Crippen molar-refractivity contribution in [3.05, 3.63) is 53.5 Å². The molecule has 5 nitrogen and oxygen atoms in total. The number of benzene rings is 1. The highest BCUT2D eigenvalue weighted by molar-refractivity contribution is 6.10. The highest BCUT2D eigenvalue weighted by Gasteiger charge is 2.26. The van der Waals surface area contributed by atoms with Crippen molar-refractivity contribution in [1.29, 1.82) is 0 Å². The molecular formula is C15H14N2O3. The minimum absolute atomic E-state index is 0.188. The Bertz CT molecular complexity index is 659. The van der Waals surface area contributed by atoms with Crippen LogP contribution in [-0.2, 0) is 6.42 Å². The maximum absolute atomic E-state index is 11.2. The van der Waals surface area contributed by atoms with Gasteiger partial charge in [-0.15, -0.1) is 0 Å². The molecular weight excluding hydrogens is 256 g/mol. The number of aryl methyl sites for hydroxylation is 1. The Balaban J connectivity index is 1.93. The summed E-state index contributed by atoms with van der Waals surface area (Å²) >= 11 is 0. The quantitative estimate of drug-likeness (QED) is 0.840. The largest absolute Gasteiger partial charge is 0.478 e. The number of hydrogen-bond donors (Lipinski definition) is 2. The molecule has 0 saturated carbocycles. The lowest BCUT2D eigenvalue weighted by Gasteiger charge is -2.13. The molecule has 102 valence electrons. The van der Waals surface area contributed by atoms with Gasteiger partial charge in [-0.3, -0.25) is 5.43 Å². The van der Waals surface area contributed by atoms with Gasteiger partial charge in [0, 0.05) is 6.42 Å². The van der Waals surface area contributed by atoms with Crippen molar-refractivity contribution in [1.82, 2.24) is 0 Å². The van der Waals surface area contributed by atoms with Crippen LogP contribution >= 0.6 is 0 Å². The molecule has 0 bridgehead atoms. The number of rotatable bonds is 3. The highest BCUT2D eigenvalue weighted by Crippen LogP contribution is 2.27. The molecule has 3 rings (SSSR count). The van der Waals surface area contributed by atoms with E-state index < -0.39 is 5.97 Å². The molecule has 0 amide bonds. The average molecular weight is 270 g/mol. The monoisotopic (exact) mass is 270 g/mol. The van der Waals surface area contributed by atoms with E-state index >= 15 is 0 Å². The van der Waals surface area contributed by atoms with E-state index in [4.69, 9.17) is 4.42 Å². The van der Waals surface area contributed by atoms with Gasteiger partial charge in [-0.05, 0) is 25.0 Å². The van der Waals surface area contributed by atoms with Gasteiger partial charge in [0.15, 0.2) is 0 Å². The van der Waals surface area contributed by atoms with E-state index in [1.165, 1.54) is 6.26 Å². The number of hydrazone groups is 1. The minimum atomic E-state index is -0.982. The normalized spacial score (nSPS) is 15.9. The van der Waals surface area contributed by atoms with Gasteiger partial charge in [-0.25, -0.2) is 4.79 Å². The molecule has 1 aromatic heterocycles. The average Bonchev–Trinajstić information content (AvgIpc) is 2.91. The molecule has 0 fully saturated rings. The molecule has 0 unspecified atom stereocenters. The minimum Gasteiger partial charge on any atom is -0.478 e. The van der Waals surface area contributed by atoms with Crippen molar-refractivity contribution < 1.29 is 14.3 Å². The van der Waals surface area contributed by atoms with Gasteiger partial charge in [0.05, 0.1) is 17.0 Å². The summed E-state index contributed by atoms with van der Waals surface area (Å²) in [6, 6.07) is 9.56. The lowest BCUT2D eigenvalue weighted by Crippen LogP contribution is -2.15. The highest BCUT2D eigenvalue weighted by atomic mass is 16.4. The van der Waals surface area contributed by atoms with E-state index in [1.807, 2.05) is 30.3 Å². The van der Waals surface area contributed by atoms with Gasteiger partial charge in [-0.1, -0.05) is 18.2 Å². The number of furan rings is 1. The number of aromatic carboxylic acids is 1. The summed E-state index contributed by atoms with van der Waals surface area (Å²) in [5.41, 5.74) is 5.39. The van der Waals surface area contributed by atoms with Crippen molar-refractivity contribution in [3.8, 4) is 0 Å². The topological polar surface area (TPSA) is 74.8 Å². The van der Waals surface area contributed by atoms with Gasteiger partial charge in [0.1, 0.15) is 17.6 Å². The van der Waals surface area contributed by atoms with Crippen LogP contribution in [0, 0.1) is 0 Å². The fourth-order valence-electron chi connectivity index (χ4n) is 2.35. The van der Waals surface area contributed by atoms with Crippen LogP contribution in [0.1, 0.15) is 34.5 Å². The zero-order valence-electron chi connectivity index (χ0n) is 10.8. The fourth-order valence-corrected chi connectivity index (χ4v) is 2.35. The molecule has 1 aliphatic rings. The number of carboxylic acids is 1. The first kappa shape index (κ1) is 12.5. The van der Waals surface area contributed by atoms with Crippen LogP contribution < -0.4 is 5.43 Å². The summed E-state index contributed by atoms with van der Waals surface area (Å²) in [7, 11) is 0. The summed E-state index contributed by atoms with van der Waals surface area (Å²) in [6.07, 6.45) is 3.71. The molecule has 0 spiro atoms. The first-order valence-electron chi connectivity index (χ1n) is 6.47. The van der Waals surface area contributed by atoms with Gasteiger partial charge < -0.3 is 9.52 Å². The molecule has 5 heteroatoms. The molecule has 0 saturated heterocycles. The maximum Gasteiger partial charge on any atom is 0.339 e. The third-order valence-electron chi connectivity index (χ3n) is 3.30. The third-order valence-corrected chi connectivity index (χ3v) is 3.30. The van der Waals surface area contributed by atoms with Crippen molar-refractivity contribution in [2.24, 2.45) is 5.10 Å². The van der Waals surface area contributed by atoms with Crippen molar-refractivity contribution in [2.75, 3.05) is 5.43 Å². The molecule has 0 atom stereocenters. The van der Waals surface area contributed by atoms with Crippen LogP contribution in [0.5, 0.6) is 0 Å². The Labute approximate surface area is 115 Å². The van der Waals surface area contributed by atoms with Crippen LogP contribution in [0.25, 0.3) is 0 Å². The lowest BCUT2D eigenvalue weighted by atomic mass is 9.93. The predicted octanol–water partition coefficient (Wildman–Crippen LogP) is 3.13. The predicted molar refractivity (Wildman–Crippen MR) is 75.2 cm³/mol. The Kier molecular flexibility index (Phi) is 3.25. The number of nitrogens with zero attached hydrogens (tertiary/aromatic N) is 1. The zero-order chi connectivity index (χ0) is 13.9. The van der Waals surface area contributed by atoms with Gasteiger partial charge in [0.25, 0.3) is 0 Å². The number of para-hydroxylation sites is 1. The smallest absolute Gasteiger partial charge is 0.339 e. The van der Waals surface area contributed by atoms with E-state index in [1.54, 1.807) is 0 Å². The number of nitrogens with one attached hydrogen (secondary N) is 1. The Hall–Kier alpha value is -2.56. The van der Waals surface area contributed by atoms with E-state index in [-0.39, 0.29) is 5.56 Å². The van der Waals surface area contributed by atoms with E-state index in [9.17, 15) is 9.90 Å². The van der Waals surface area contributed by atoms with Crippen LogP contribution in [0.3, 0.4) is 0 Å². The summed E-state index contributed by atoms with van der Waals surface area (Å²) in [6.45, 7) is 0. The van der Waals surface area contributed by atoms with Crippen LogP contribution in [-0.4, -0.2) is 16.8 Å². The summed E-state index contributed by atoms with van der Waals surface area (Å²) in [5, 5.41) is 13.6. The lowest BCUT2D eigenvalue weighted by molar-refractivity contribution is 0.0696. The Morgan fingerprint density at radius 1 is 1.25 bits per heavy atom. The number of carboxylic acid groups (broad SMARTS) is 1. The number of anilines is 1. The van der Waals surface area contributed by atoms with Crippen LogP contribution in [0.2, 0.25) is 0 Å². The van der Waals surface area contributed by atoms with Gasteiger partial charge >= 0.3 is 5.97 Å². The van der Waals surface area contributed by atoms with E-state index in [0.29, 0.717) is 11.3 Å². The molecule has 1 aromatic carbocycles. The second kappa shape index (κ2) is 5.21. The van der Waals surface area contributed by atoms with E-state index in [2.05, 4.69) is 10.5 Å². The molecule has 0 radical (unpaired) electrons. The maximum atomic E-state index is 11.2. The molecule has 20 heavy (non-hydrogen) atoms. The SMILES string of the molecule is O=C(O)c1coc2c1/C(=N\Nc1ccccc1)CCC2. The van der Waals surface area contributed by atoms with Crippen LogP contribution in [0.4, 0.5) is 5.69 Å². The van der Waals surface area contributed by atoms with Crippen LogP contribution in [0.15, 0.2) is 46.1 Å². The number of hydrogen-bond acceptors (Lipinski definition) is 4. The molecule has 2 N–H and O–H groups in total. The Morgan fingerprint density at radius 2 is 2.05 bits per heavy atom. The molecule has 2 aromatic rings. The summed E-state index contributed by atoms with van der Waals surface area (Å²) in [4.78, 5) is 11.2. The van der Waals surface area contributed by atoms with Crippen molar-refractivity contribution >= 4 is 17.4 Å². The zero-order valence-corrected chi connectivity index (χ0v) is 10.8. The Morgan fingerprint density at radius 3 is 2.80 bits per heavy atom. The van der Waals surface area contributed by atoms with Crippen molar-refractivity contribution in [3.63, 3.8) is 0 Å². The van der Waals surface area contributed by atoms with Gasteiger partial charge in [-0.2, -0.15) is 5.10 Å². The first-order chi connectivity index (χ1) is 9.75. The number of fused-ring (bicyclic) bond motifs is 1. The summed E-state index contributed by atoms with van der Waals surface area (Å²) < 4.78 is 5.34.